The first-order valence-electron chi connectivity index (χ1n) is 5.29. The van der Waals surface area contributed by atoms with Crippen LogP contribution in [0.25, 0.3) is 0 Å². The molecule has 2 rings (SSSR count). The zero-order valence-electron chi connectivity index (χ0n) is 9.64. The lowest BCUT2D eigenvalue weighted by atomic mass is 9.92. The van der Waals surface area contributed by atoms with E-state index >= 15 is 0 Å². The van der Waals surface area contributed by atoms with E-state index in [-0.39, 0.29) is 24.3 Å². The van der Waals surface area contributed by atoms with Gasteiger partial charge in [0.2, 0.25) is 0 Å². The normalized spacial score (nSPS) is 17.4. The van der Waals surface area contributed by atoms with Crippen LogP contribution < -0.4 is 10.5 Å². The van der Waals surface area contributed by atoms with Crippen LogP contribution in [0.4, 0.5) is 0 Å². The summed E-state index contributed by atoms with van der Waals surface area (Å²) < 4.78 is 10.3. The number of benzene rings is 1. The Kier molecular flexibility index (Phi) is 4.78. The van der Waals surface area contributed by atoms with E-state index in [9.17, 15) is 4.79 Å². The lowest BCUT2D eigenvalue weighted by molar-refractivity contribution is -0.143. The van der Waals surface area contributed by atoms with Gasteiger partial charge in [-0.25, -0.2) is 0 Å². The minimum atomic E-state index is -0.222. The summed E-state index contributed by atoms with van der Waals surface area (Å²) in [5.41, 5.74) is 7.47. The second kappa shape index (κ2) is 5.89. The summed E-state index contributed by atoms with van der Waals surface area (Å²) in [6.45, 7) is 1.01. The summed E-state index contributed by atoms with van der Waals surface area (Å²) in [5, 5.41) is 0. The third-order valence-corrected chi connectivity index (χ3v) is 2.84. The molecule has 1 aromatic carbocycles. The zero-order valence-corrected chi connectivity index (χ0v) is 10.5. The number of nitrogens with two attached hydrogens (primary N) is 1. The summed E-state index contributed by atoms with van der Waals surface area (Å²) in [5.74, 6) is 0.331. The van der Waals surface area contributed by atoms with Crippen LogP contribution in [0, 0.1) is 0 Å². The molecule has 0 aromatic heterocycles. The standard InChI is InChI=1S/C12H15NO3.ClH/c1-15-12(14)9-4-5-16-11-3-2-8(7-13)6-10(9)11;/h2-3,6,9H,4-5,7,13H2,1H3;1H. The van der Waals surface area contributed by atoms with Crippen molar-refractivity contribution in [1.29, 1.82) is 0 Å². The highest BCUT2D eigenvalue weighted by atomic mass is 35.5. The van der Waals surface area contributed by atoms with E-state index in [1.54, 1.807) is 0 Å². The predicted octanol–water partition coefficient (Wildman–Crippen LogP) is 1.61. The molecule has 0 saturated heterocycles. The summed E-state index contributed by atoms with van der Waals surface area (Å²) in [6.07, 6.45) is 0.660. The number of hydrogen-bond donors (Lipinski definition) is 1. The van der Waals surface area contributed by atoms with E-state index in [4.69, 9.17) is 15.2 Å². The summed E-state index contributed by atoms with van der Waals surface area (Å²) in [7, 11) is 1.41. The van der Waals surface area contributed by atoms with Crippen LogP contribution in [-0.2, 0) is 16.1 Å². The van der Waals surface area contributed by atoms with Gasteiger partial charge in [-0.1, -0.05) is 6.07 Å². The molecule has 1 aliphatic heterocycles. The maximum atomic E-state index is 11.6. The van der Waals surface area contributed by atoms with Gasteiger partial charge in [0.05, 0.1) is 19.6 Å². The Bertz CT molecular complexity index is 409. The number of fused-ring (bicyclic) bond motifs is 1. The molecule has 94 valence electrons. The minimum absolute atomic E-state index is 0. The fraction of sp³-hybridized carbons (Fsp3) is 0.417. The Morgan fingerprint density at radius 1 is 1.59 bits per heavy atom. The lowest BCUT2D eigenvalue weighted by Crippen LogP contribution is -2.22. The number of ether oxygens (including phenoxy) is 2. The first-order valence-corrected chi connectivity index (χ1v) is 5.29. The van der Waals surface area contributed by atoms with Gasteiger partial charge in [-0.3, -0.25) is 4.79 Å². The molecule has 0 bridgehead atoms. The molecule has 2 N–H and O–H groups in total. The Labute approximate surface area is 106 Å². The monoisotopic (exact) mass is 257 g/mol. The molecule has 0 saturated carbocycles. The Morgan fingerprint density at radius 3 is 3.00 bits per heavy atom. The average molecular weight is 258 g/mol. The highest BCUT2D eigenvalue weighted by Crippen LogP contribution is 2.34. The number of rotatable bonds is 2. The molecule has 5 heteroatoms. The molecule has 0 spiro atoms. The maximum absolute atomic E-state index is 11.6. The van der Waals surface area contributed by atoms with Gasteiger partial charge in [0.25, 0.3) is 0 Å². The van der Waals surface area contributed by atoms with Gasteiger partial charge in [-0.05, 0) is 24.1 Å². The van der Waals surface area contributed by atoms with Gasteiger partial charge < -0.3 is 15.2 Å². The number of methoxy groups -OCH3 is 1. The number of esters is 1. The molecule has 1 aromatic rings. The van der Waals surface area contributed by atoms with Crippen LogP contribution in [0.3, 0.4) is 0 Å². The van der Waals surface area contributed by atoms with Crippen molar-refractivity contribution >= 4 is 18.4 Å². The molecule has 0 fully saturated rings. The van der Waals surface area contributed by atoms with Crippen molar-refractivity contribution in [1.82, 2.24) is 0 Å². The molecule has 1 aliphatic rings. The highest BCUT2D eigenvalue weighted by Gasteiger charge is 2.28. The molecule has 0 radical (unpaired) electrons. The minimum Gasteiger partial charge on any atom is -0.493 e. The molecule has 1 unspecified atom stereocenters. The lowest BCUT2D eigenvalue weighted by Gasteiger charge is -2.24. The quantitative estimate of drug-likeness (QED) is 0.818. The van der Waals surface area contributed by atoms with Crippen LogP contribution in [0.5, 0.6) is 5.75 Å². The van der Waals surface area contributed by atoms with Crippen molar-refractivity contribution in [2.24, 2.45) is 5.73 Å². The second-order valence-corrected chi connectivity index (χ2v) is 3.79. The largest absolute Gasteiger partial charge is 0.493 e. The van der Waals surface area contributed by atoms with Crippen LogP contribution in [0.1, 0.15) is 23.5 Å². The first-order chi connectivity index (χ1) is 7.76. The van der Waals surface area contributed by atoms with Crippen molar-refractivity contribution in [2.75, 3.05) is 13.7 Å². The van der Waals surface area contributed by atoms with Crippen molar-refractivity contribution in [3.8, 4) is 5.75 Å². The second-order valence-electron chi connectivity index (χ2n) is 3.79. The topological polar surface area (TPSA) is 61.5 Å². The van der Waals surface area contributed by atoms with Gasteiger partial charge >= 0.3 is 5.97 Å². The summed E-state index contributed by atoms with van der Waals surface area (Å²) in [6, 6.07) is 5.71. The molecule has 4 nitrogen and oxygen atoms in total. The molecule has 1 atom stereocenters. The zero-order chi connectivity index (χ0) is 11.5. The Morgan fingerprint density at radius 2 is 2.35 bits per heavy atom. The van der Waals surface area contributed by atoms with E-state index in [1.165, 1.54) is 7.11 Å². The Hall–Kier alpha value is -1.26. The van der Waals surface area contributed by atoms with Crippen LogP contribution >= 0.6 is 12.4 Å². The number of hydrogen-bond acceptors (Lipinski definition) is 4. The van der Waals surface area contributed by atoms with Crippen molar-refractivity contribution in [3.05, 3.63) is 29.3 Å². The third-order valence-electron chi connectivity index (χ3n) is 2.84. The van der Waals surface area contributed by atoms with Crippen LogP contribution in [0.2, 0.25) is 0 Å². The van der Waals surface area contributed by atoms with Crippen molar-refractivity contribution in [3.63, 3.8) is 0 Å². The number of carbonyl (C=O) groups is 1. The fourth-order valence-corrected chi connectivity index (χ4v) is 1.96. The van der Waals surface area contributed by atoms with Gasteiger partial charge in [0, 0.05) is 12.1 Å². The van der Waals surface area contributed by atoms with Gasteiger partial charge in [0.1, 0.15) is 5.75 Å². The molecular weight excluding hydrogens is 242 g/mol. The molecule has 0 amide bonds. The molecule has 17 heavy (non-hydrogen) atoms. The Balaban J connectivity index is 0.00000144. The molecule has 1 heterocycles. The van der Waals surface area contributed by atoms with E-state index in [2.05, 4.69) is 0 Å². The van der Waals surface area contributed by atoms with E-state index in [1.807, 2.05) is 18.2 Å². The molecule has 0 aliphatic carbocycles. The van der Waals surface area contributed by atoms with E-state index in [0.29, 0.717) is 19.6 Å². The van der Waals surface area contributed by atoms with Gasteiger partial charge in [-0.15, -0.1) is 12.4 Å². The highest BCUT2D eigenvalue weighted by molar-refractivity contribution is 5.85. The SMILES string of the molecule is COC(=O)C1CCOc2ccc(CN)cc21.Cl. The fourth-order valence-electron chi connectivity index (χ4n) is 1.96. The maximum Gasteiger partial charge on any atom is 0.313 e. The third kappa shape index (κ3) is 2.70. The van der Waals surface area contributed by atoms with E-state index in [0.717, 1.165) is 16.9 Å². The number of carbonyl (C=O) groups excluding carboxylic acids is 1. The van der Waals surface area contributed by atoms with Crippen LogP contribution in [-0.4, -0.2) is 19.7 Å². The summed E-state index contributed by atoms with van der Waals surface area (Å²) in [4.78, 5) is 11.6. The number of halogens is 1. The smallest absolute Gasteiger partial charge is 0.313 e. The van der Waals surface area contributed by atoms with Crippen molar-refractivity contribution < 1.29 is 14.3 Å². The first kappa shape index (κ1) is 13.8. The average Bonchev–Trinajstić information content (AvgIpc) is 2.36. The van der Waals surface area contributed by atoms with E-state index < -0.39 is 0 Å². The molecular formula is C12H16ClNO3. The van der Waals surface area contributed by atoms with Gasteiger partial charge in [-0.2, -0.15) is 0 Å². The summed E-state index contributed by atoms with van der Waals surface area (Å²) >= 11 is 0. The van der Waals surface area contributed by atoms with Crippen molar-refractivity contribution in [2.45, 2.75) is 18.9 Å². The predicted molar refractivity (Wildman–Crippen MR) is 66.5 cm³/mol. The van der Waals surface area contributed by atoms with Gasteiger partial charge in [0.15, 0.2) is 0 Å². The van der Waals surface area contributed by atoms with Crippen LogP contribution in [0.15, 0.2) is 18.2 Å².